The van der Waals surface area contributed by atoms with Gasteiger partial charge in [-0.3, -0.25) is 14.2 Å². The highest BCUT2D eigenvalue weighted by atomic mass is 32.2. The average molecular weight is 352 g/mol. The maximum Gasteiger partial charge on any atom is 0.262 e. The van der Waals surface area contributed by atoms with E-state index in [1.807, 2.05) is 63.2 Å². The van der Waals surface area contributed by atoms with Gasteiger partial charge in [-0.05, 0) is 32.9 Å². The first kappa shape index (κ1) is 17.4. The predicted octanol–water partition coefficient (Wildman–Crippen LogP) is 4.09. The zero-order valence-corrected chi connectivity index (χ0v) is 15.3. The van der Waals surface area contributed by atoms with Crippen molar-refractivity contribution >= 4 is 28.4 Å². The van der Waals surface area contributed by atoms with Crippen LogP contribution in [-0.2, 0) is 6.54 Å². The lowest BCUT2D eigenvalue weighted by Gasteiger charge is -2.15. The zero-order valence-electron chi connectivity index (χ0n) is 14.5. The van der Waals surface area contributed by atoms with Crippen LogP contribution in [0.1, 0.15) is 29.8 Å². The van der Waals surface area contributed by atoms with Crippen LogP contribution in [0.3, 0.4) is 0 Å². The minimum absolute atomic E-state index is 0.0371. The summed E-state index contributed by atoms with van der Waals surface area (Å²) in [6, 6.07) is 14.9. The topological polar surface area (TPSA) is 52.0 Å². The van der Waals surface area contributed by atoms with Gasteiger partial charge >= 0.3 is 0 Å². The molecule has 0 radical (unpaired) electrons. The first-order valence-corrected chi connectivity index (χ1v) is 9.16. The lowest BCUT2D eigenvalue weighted by Crippen LogP contribution is -2.24. The number of hydrogen-bond donors (Lipinski definition) is 0. The van der Waals surface area contributed by atoms with Crippen molar-refractivity contribution in [2.24, 2.45) is 0 Å². The number of para-hydroxylation sites is 1. The number of hydrogen-bond acceptors (Lipinski definition) is 4. The smallest absolute Gasteiger partial charge is 0.262 e. The number of carbonyl (C=O) groups excluding carboxylic acids is 1. The number of carbonyl (C=O) groups is 1. The second kappa shape index (κ2) is 7.23. The number of rotatable bonds is 5. The second-order valence-electron chi connectivity index (χ2n) is 5.95. The number of nitrogens with zero attached hydrogens (tertiary/aromatic N) is 2. The first-order valence-electron chi connectivity index (χ1n) is 8.28. The van der Waals surface area contributed by atoms with Crippen molar-refractivity contribution in [2.45, 2.75) is 37.7 Å². The molecule has 0 aliphatic heterocycles. The van der Waals surface area contributed by atoms with Crippen molar-refractivity contribution in [1.29, 1.82) is 0 Å². The Labute approximate surface area is 150 Å². The predicted molar refractivity (Wildman–Crippen MR) is 103 cm³/mol. The molecule has 0 aliphatic rings. The fourth-order valence-electron chi connectivity index (χ4n) is 2.68. The highest BCUT2D eigenvalue weighted by Gasteiger charge is 2.20. The van der Waals surface area contributed by atoms with Crippen LogP contribution in [0.2, 0.25) is 0 Å². The van der Waals surface area contributed by atoms with Gasteiger partial charge in [-0.2, -0.15) is 0 Å². The van der Waals surface area contributed by atoms with Crippen molar-refractivity contribution < 1.29 is 4.79 Å². The van der Waals surface area contributed by atoms with Crippen LogP contribution < -0.4 is 5.56 Å². The Balaban J connectivity index is 1.95. The van der Waals surface area contributed by atoms with E-state index >= 15 is 0 Å². The summed E-state index contributed by atoms with van der Waals surface area (Å²) < 4.78 is 1.63. The number of benzene rings is 2. The van der Waals surface area contributed by atoms with Crippen LogP contribution in [0.15, 0.2) is 58.5 Å². The number of aromatic nitrogens is 2. The maximum atomic E-state index is 12.7. The molecule has 1 atom stereocenters. The maximum absolute atomic E-state index is 12.7. The third-order valence-corrected chi connectivity index (χ3v) is 5.22. The second-order valence-corrected chi connectivity index (χ2v) is 7.26. The molecule has 0 amide bonds. The summed E-state index contributed by atoms with van der Waals surface area (Å²) >= 11 is 1.33. The zero-order chi connectivity index (χ0) is 18.0. The summed E-state index contributed by atoms with van der Waals surface area (Å²) in [4.78, 5) is 29.9. The van der Waals surface area contributed by atoms with Crippen LogP contribution in [-0.4, -0.2) is 20.6 Å². The van der Waals surface area contributed by atoms with E-state index in [1.165, 1.54) is 11.8 Å². The van der Waals surface area contributed by atoms with Gasteiger partial charge in [0.25, 0.3) is 5.56 Å². The standard InChI is InChI=1S/C20H20N2O2S/c1-4-22-19(24)16-7-5-6-8-17(16)21-20(22)25-14(3)18(23)15-11-9-13(2)10-12-15/h5-12,14H,4H2,1-3H3/t14-/m1/s1. The van der Waals surface area contributed by atoms with Gasteiger partial charge in [0.05, 0.1) is 16.2 Å². The fraction of sp³-hybridized carbons (Fsp3) is 0.250. The quantitative estimate of drug-likeness (QED) is 0.394. The Morgan fingerprint density at radius 2 is 1.84 bits per heavy atom. The van der Waals surface area contributed by atoms with E-state index < -0.39 is 0 Å². The van der Waals surface area contributed by atoms with Gasteiger partial charge in [0.2, 0.25) is 0 Å². The molecule has 0 fully saturated rings. The molecule has 0 saturated carbocycles. The molecule has 0 N–H and O–H groups in total. The fourth-order valence-corrected chi connectivity index (χ4v) is 3.73. The van der Waals surface area contributed by atoms with Crippen LogP contribution >= 0.6 is 11.8 Å². The van der Waals surface area contributed by atoms with E-state index in [1.54, 1.807) is 10.6 Å². The highest BCUT2D eigenvalue weighted by molar-refractivity contribution is 8.00. The molecule has 3 aromatic rings. The first-order chi connectivity index (χ1) is 12.0. The molecule has 0 saturated heterocycles. The Morgan fingerprint density at radius 3 is 2.52 bits per heavy atom. The van der Waals surface area contributed by atoms with Gasteiger partial charge in [-0.25, -0.2) is 4.98 Å². The third-order valence-electron chi connectivity index (χ3n) is 4.13. The number of Topliss-reactive ketones (excluding diaryl/α,β-unsaturated/α-hetero) is 1. The molecule has 5 heteroatoms. The van der Waals surface area contributed by atoms with E-state index in [0.717, 1.165) is 5.56 Å². The Hall–Kier alpha value is -2.40. The average Bonchev–Trinajstić information content (AvgIpc) is 2.62. The Morgan fingerprint density at radius 1 is 1.16 bits per heavy atom. The van der Waals surface area contributed by atoms with Crippen molar-refractivity contribution in [2.75, 3.05) is 0 Å². The molecule has 1 aromatic heterocycles. The number of thioether (sulfide) groups is 1. The Bertz CT molecular complexity index is 977. The molecule has 2 aromatic carbocycles. The van der Waals surface area contributed by atoms with E-state index in [9.17, 15) is 9.59 Å². The van der Waals surface area contributed by atoms with Gasteiger partial charge < -0.3 is 0 Å². The molecule has 25 heavy (non-hydrogen) atoms. The Kier molecular flexibility index (Phi) is 5.04. The molecule has 0 unspecified atom stereocenters. The van der Waals surface area contributed by atoms with Gasteiger partial charge in [-0.1, -0.05) is 53.7 Å². The molecule has 0 aliphatic carbocycles. The molecule has 4 nitrogen and oxygen atoms in total. The van der Waals surface area contributed by atoms with Crippen LogP contribution in [0.25, 0.3) is 10.9 Å². The molecule has 128 valence electrons. The van der Waals surface area contributed by atoms with Gasteiger partial charge in [-0.15, -0.1) is 0 Å². The van der Waals surface area contributed by atoms with E-state index in [2.05, 4.69) is 4.98 Å². The van der Waals surface area contributed by atoms with Crippen molar-refractivity contribution in [3.8, 4) is 0 Å². The SMILES string of the molecule is CCn1c(S[C@H](C)C(=O)c2ccc(C)cc2)nc2ccccc2c1=O. The number of fused-ring (bicyclic) bond motifs is 1. The molecule has 0 spiro atoms. The molecular weight excluding hydrogens is 332 g/mol. The third kappa shape index (κ3) is 3.51. The number of aryl methyl sites for hydroxylation is 1. The van der Waals surface area contributed by atoms with Gasteiger partial charge in [0, 0.05) is 12.1 Å². The number of ketones is 1. The highest BCUT2D eigenvalue weighted by Crippen LogP contribution is 2.25. The lowest BCUT2D eigenvalue weighted by molar-refractivity contribution is 0.0994. The largest absolute Gasteiger partial charge is 0.293 e. The minimum Gasteiger partial charge on any atom is -0.293 e. The van der Waals surface area contributed by atoms with Crippen molar-refractivity contribution in [3.63, 3.8) is 0 Å². The normalized spacial score (nSPS) is 12.3. The van der Waals surface area contributed by atoms with Crippen LogP contribution in [0.5, 0.6) is 0 Å². The summed E-state index contributed by atoms with van der Waals surface area (Å²) in [6.45, 7) is 6.28. The van der Waals surface area contributed by atoms with Gasteiger partial charge in [0.15, 0.2) is 10.9 Å². The summed E-state index contributed by atoms with van der Waals surface area (Å²) in [6.07, 6.45) is 0. The summed E-state index contributed by atoms with van der Waals surface area (Å²) in [5.41, 5.74) is 2.39. The van der Waals surface area contributed by atoms with E-state index in [0.29, 0.717) is 28.2 Å². The van der Waals surface area contributed by atoms with E-state index in [-0.39, 0.29) is 16.6 Å². The van der Waals surface area contributed by atoms with Crippen LogP contribution in [0, 0.1) is 6.92 Å². The van der Waals surface area contributed by atoms with Crippen molar-refractivity contribution in [3.05, 3.63) is 70.0 Å². The molecule has 3 rings (SSSR count). The van der Waals surface area contributed by atoms with Gasteiger partial charge in [0.1, 0.15) is 0 Å². The lowest BCUT2D eigenvalue weighted by atomic mass is 10.1. The molecular formula is C20H20N2O2S. The molecule has 1 heterocycles. The van der Waals surface area contributed by atoms with E-state index in [4.69, 9.17) is 0 Å². The van der Waals surface area contributed by atoms with Crippen molar-refractivity contribution in [1.82, 2.24) is 9.55 Å². The summed E-state index contributed by atoms with van der Waals surface area (Å²) in [7, 11) is 0. The minimum atomic E-state index is -0.325. The summed E-state index contributed by atoms with van der Waals surface area (Å²) in [5.74, 6) is 0.0371. The summed E-state index contributed by atoms with van der Waals surface area (Å²) in [5, 5.41) is 0.860. The molecule has 0 bridgehead atoms. The van der Waals surface area contributed by atoms with Crippen LogP contribution in [0.4, 0.5) is 0 Å². The monoisotopic (exact) mass is 352 g/mol.